The van der Waals surface area contributed by atoms with Gasteiger partial charge in [0.1, 0.15) is 0 Å². The van der Waals surface area contributed by atoms with Crippen LogP contribution in [0.1, 0.15) is 52.0 Å². The Morgan fingerprint density at radius 2 is 2.10 bits per heavy atom. The van der Waals surface area contributed by atoms with Crippen molar-refractivity contribution < 1.29 is 0 Å². The van der Waals surface area contributed by atoms with Gasteiger partial charge < -0.3 is 5.32 Å². The minimum Gasteiger partial charge on any atom is -0.308 e. The molecule has 1 aliphatic heterocycles. The molecular weight excluding hydrogens is 260 g/mol. The fraction of sp³-hybridized carbons (Fsp3) is 0.824. The first kappa shape index (κ1) is 16.5. The summed E-state index contributed by atoms with van der Waals surface area (Å²) in [6.45, 7) is 10.4. The average molecular weight is 292 g/mol. The average Bonchev–Trinajstić information content (AvgIpc) is 2.92. The van der Waals surface area contributed by atoms with Crippen LogP contribution in [0.15, 0.2) is 12.4 Å². The van der Waals surface area contributed by atoms with Gasteiger partial charge >= 0.3 is 0 Å². The number of hydrogen-bond donors (Lipinski definition) is 1. The zero-order valence-electron chi connectivity index (χ0n) is 14.2. The van der Waals surface area contributed by atoms with E-state index in [-0.39, 0.29) is 0 Å². The number of nitrogens with zero attached hydrogens (tertiary/aromatic N) is 3. The van der Waals surface area contributed by atoms with Gasteiger partial charge in [0.25, 0.3) is 0 Å². The Morgan fingerprint density at radius 1 is 1.33 bits per heavy atom. The zero-order chi connectivity index (χ0) is 15.3. The first-order valence-corrected chi connectivity index (χ1v) is 8.59. The highest BCUT2D eigenvalue weighted by Crippen LogP contribution is 2.24. The molecule has 1 aliphatic rings. The molecule has 120 valence electrons. The second-order valence-corrected chi connectivity index (χ2v) is 6.55. The van der Waals surface area contributed by atoms with E-state index in [9.17, 15) is 0 Å². The predicted molar refractivity (Wildman–Crippen MR) is 88.5 cm³/mol. The van der Waals surface area contributed by atoms with Gasteiger partial charge in [-0.05, 0) is 31.2 Å². The van der Waals surface area contributed by atoms with Gasteiger partial charge in [-0.2, -0.15) is 5.10 Å². The van der Waals surface area contributed by atoms with Crippen LogP contribution in [-0.4, -0.2) is 45.9 Å². The Hall–Kier alpha value is -0.870. The van der Waals surface area contributed by atoms with Crippen molar-refractivity contribution >= 4 is 0 Å². The molecule has 1 aromatic rings. The molecule has 0 radical (unpaired) electrons. The topological polar surface area (TPSA) is 33.1 Å². The van der Waals surface area contributed by atoms with E-state index in [1.54, 1.807) is 0 Å². The molecule has 0 saturated carbocycles. The molecule has 1 unspecified atom stereocenters. The van der Waals surface area contributed by atoms with Crippen molar-refractivity contribution in [3.05, 3.63) is 18.0 Å². The molecule has 4 heteroatoms. The summed E-state index contributed by atoms with van der Waals surface area (Å²) >= 11 is 0. The minimum atomic E-state index is 0.319. The Kier molecular flexibility index (Phi) is 5.82. The van der Waals surface area contributed by atoms with Gasteiger partial charge in [0.05, 0.1) is 6.20 Å². The molecule has 21 heavy (non-hydrogen) atoms. The lowest BCUT2D eigenvalue weighted by atomic mass is 9.87. The van der Waals surface area contributed by atoms with Gasteiger partial charge in [-0.1, -0.05) is 27.2 Å². The van der Waals surface area contributed by atoms with Crippen molar-refractivity contribution in [1.82, 2.24) is 20.0 Å². The van der Waals surface area contributed by atoms with Crippen LogP contribution in [-0.2, 0) is 13.5 Å². The number of nitrogens with one attached hydrogen (secondary N) is 1. The molecule has 4 nitrogen and oxygen atoms in total. The molecule has 1 N–H and O–H groups in total. The predicted octanol–water partition coefficient (Wildman–Crippen LogP) is 2.60. The monoisotopic (exact) mass is 292 g/mol. The molecule has 0 spiro atoms. The van der Waals surface area contributed by atoms with Gasteiger partial charge in [0.2, 0.25) is 0 Å². The molecule has 1 aromatic heterocycles. The molecule has 0 aliphatic carbocycles. The van der Waals surface area contributed by atoms with Crippen molar-refractivity contribution in [2.24, 2.45) is 7.05 Å². The van der Waals surface area contributed by atoms with Crippen LogP contribution < -0.4 is 5.32 Å². The number of piperazine rings is 1. The summed E-state index contributed by atoms with van der Waals surface area (Å²) in [5.41, 5.74) is 1.67. The molecule has 0 aromatic carbocycles. The largest absolute Gasteiger partial charge is 0.308 e. The van der Waals surface area contributed by atoms with Crippen molar-refractivity contribution in [2.45, 2.75) is 64.5 Å². The molecule has 0 amide bonds. The minimum absolute atomic E-state index is 0.319. The van der Waals surface area contributed by atoms with Crippen LogP contribution in [0.4, 0.5) is 0 Å². The third-order valence-corrected chi connectivity index (χ3v) is 5.16. The maximum absolute atomic E-state index is 4.28. The fourth-order valence-corrected chi connectivity index (χ4v) is 3.51. The first-order chi connectivity index (χ1) is 10.1. The van der Waals surface area contributed by atoms with Crippen LogP contribution in [0.5, 0.6) is 0 Å². The summed E-state index contributed by atoms with van der Waals surface area (Å²) in [4.78, 5) is 2.72. The van der Waals surface area contributed by atoms with E-state index in [1.807, 2.05) is 17.9 Å². The molecule has 0 bridgehead atoms. The zero-order valence-corrected chi connectivity index (χ0v) is 14.2. The normalized spacial score (nSPS) is 22.6. The van der Waals surface area contributed by atoms with E-state index in [0.717, 1.165) is 19.5 Å². The number of aryl methyl sites for hydroxylation is 1. The van der Waals surface area contributed by atoms with Gasteiger partial charge in [-0.3, -0.25) is 9.58 Å². The fourth-order valence-electron chi connectivity index (χ4n) is 3.51. The van der Waals surface area contributed by atoms with Crippen molar-refractivity contribution in [3.63, 3.8) is 0 Å². The molecular formula is C17H32N4. The van der Waals surface area contributed by atoms with Crippen LogP contribution >= 0.6 is 0 Å². The summed E-state index contributed by atoms with van der Waals surface area (Å²) < 4.78 is 1.90. The molecule has 2 heterocycles. The number of aromatic nitrogens is 2. The quantitative estimate of drug-likeness (QED) is 0.838. The molecule has 1 fully saturated rings. The molecule has 1 atom stereocenters. The summed E-state index contributed by atoms with van der Waals surface area (Å²) in [6.07, 6.45) is 10.2. The summed E-state index contributed by atoms with van der Waals surface area (Å²) in [7, 11) is 1.99. The summed E-state index contributed by atoms with van der Waals surface area (Å²) in [5, 5.41) is 8.12. The van der Waals surface area contributed by atoms with Crippen LogP contribution in [0, 0.1) is 0 Å². The van der Waals surface area contributed by atoms with Gasteiger partial charge in [0.15, 0.2) is 0 Å². The van der Waals surface area contributed by atoms with Crippen molar-refractivity contribution in [1.29, 1.82) is 0 Å². The lowest BCUT2D eigenvalue weighted by Gasteiger charge is -2.47. The van der Waals surface area contributed by atoms with E-state index < -0.39 is 0 Å². The second-order valence-electron chi connectivity index (χ2n) is 6.55. The van der Waals surface area contributed by atoms with Crippen molar-refractivity contribution in [3.8, 4) is 0 Å². The highest BCUT2D eigenvalue weighted by molar-refractivity contribution is 5.05. The summed E-state index contributed by atoms with van der Waals surface area (Å²) in [5.74, 6) is 0. The smallest absolute Gasteiger partial charge is 0.0522 e. The van der Waals surface area contributed by atoms with Gasteiger partial charge in [-0.15, -0.1) is 0 Å². The maximum Gasteiger partial charge on any atom is 0.0522 e. The Labute approximate surface area is 129 Å². The Bertz CT molecular complexity index is 422. The lowest BCUT2D eigenvalue weighted by molar-refractivity contribution is 0.0689. The highest BCUT2D eigenvalue weighted by Gasteiger charge is 2.35. The van der Waals surface area contributed by atoms with E-state index in [1.165, 1.54) is 37.8 Å². The van der Waals surface area contributed by atoms with Crippen molar-refractivity contribution in [2.75, 3.05) is 19.6 Å². The van der Waals surface area contributed by atoms with Crippen LogP contribution in [0.2, 0.25) is 0 Å². The number of hydrogen-bond acceptors (Lipinski definition) is 3. The third kappa shape index (κ3) is 4.07. The molecule has 2 rings (SSSR count). The maximum atomic E-state index is 4.28. The van der Waals surface area contributed by atoms with Gasteiger partial charge in [-0.25, -0.2) is 0 Å². The summed E-state index contributed by atoms with van der Waals surface area (Å²) in [6, 6.07) is 0.692. The van der Waals surface area contributed by atoms with E-state index in [2.05, 4.69) is 42.3 Å². The molecule has 1 saturated heterocycles. The third-order valence-electron chi connectivity index (χ3n) is 5.16. The van der Waals surface area contributed by atoms with Crippen LogP contribution in [0.3, 0.4) is 0 Å². The number of rotatable bonds is 7. The van der Waals surface area contributed by atoms with Gasteiger partial charge in [0, 0.05) is 44.5 Å². The standard InChI is InChI=1S/C17H32N4/c1-5-8-16-12-18-17(6-2,7-3)14-21(16)10-9-15-11-19-20(4)13-15/h11,13,16,18H,5-10,12,14H2,1-4H3. The van der Waals surface area contributed by atoms with E-state index in [0.29, 0.717) is 11.6 Å². The van der Waals surface area contributed by atoms with E-state index >= 15 is 0 Å². The SMILES string of the molecule is CCCC1CNC(CC)(CC)CN1CCc1cnn(C)c1. The first-order valence-electron chi connectivity index (χ1n) is 8.59. The van der Waals surface area contributed by atoms with E-state index in [4.69, 9.17) is 0 Å². The Balaban J connectivity index is 1.99. The van der Waals surface area contributed by atoms with Crippen LogP contribution in [0.25, 0.3) is 0 Å². The lowest BCUT2D eigenvalue weighted by Crippen LogP contribution is -2.64. The Morgan fingerprint density at radius 3 is 2.67 bits per heavy atom. The highest BCUT2D eigenvalue weighted by atomic mass is 15.3. The second kappa shape index (κ2) is 7.41.